The maximum absolute atomic E-state index is 13.3. The van der Waals surface area contributed by atoms with Crippen molar-refractivity contribution in [3.8, 4) is 11.5 Å². The molecule has 0 unspecified atom stereocenters. The number of fused-ring (bicyclic) bond motifs is 1. The lowest BCUT2D eigenvalue weighted by molar-refractivity contribution is -0.113. The Morgan fingerprint density at radius 2 is 1.93 bits per heavy atom. The number of carbonyl (C=O) groups is 1. The minimum Gasteiger partial charge on any atom is -0.497 e. The molecule has 2 aromatic carbocycles. The molecule has 0 radical (unpaired) electrons. The van der Waals surface area contributed by atoms with Crippen molar-refractivity contribution >= 4 is 33.5 Å². The van der Waals surface area contributed by atoms with Crippen molar-refractivity contribution < 1.29 is 14.3 Å². The third-order valence-corrected chi connectivity index (χ3v) is 5.50. The lowest BCUT2D eigenvalue weighted by Gasteiger charge is -2.29. The number of carbonyl (C=O) groups excluding carboxylic acids is 1. The second kappa shape index (κ2) is 8.19. The topological polar surface area (TPSA) is 90.3 Å². The molecule has 154 valence electrons. The number of hydrogen-bond donors (Lipinski definition) is 2. The van der Waals surface area contributed by atoms with Crippen LogP contribution in [0, 0.1) is 0 Å². The molecule has 1 aliphatic heterocycles. The molecule has 30 heavy (non-hydrogen) atoms. The van der Waals surface area contributed by atoms with Gasteiger partial charge >= 0.3 is 0 Å². The maximum atomic E-state index is 13.3. The number of nitrogens with zero attached hydrogens (tertiary/aromatic N) is 3. The summed E-state index contributed by atoms with van der Waals surface area (Å²) >= 11 is 3.53. The Morgan fingerprint density at radius 1 is 1.17 bits per heavy atom. The van der Waals surface area contributed by atoms with Crippen molar-refractivity contribution in [3.63, 3.8) is 0 Å². The van der Waals surface area contributed by atoms with Crippen LogP contribution in [0.2, 0.25) is 0 Å². The van der Waals surface area contributed by atoms with Gasteiger partial charge in [-0.3, -0.25) is 4.79 Å². The first-order valence-electron chi connectivity index (χ1n) is 9.18. The molecule has 0 bridgehead atoms. The highest BCUT2D eigenvalue weighted by molar-refractivity contribution is 9.10. The molecule has 0 aliphatic carbocycles. The van der Waals surface area contributed by atoms with E-state index in [9.17, 15) is 4.79 Å². The van der Waals surface area contributed by atoms with Gasteiger partial charge in [0.05, 0.1) is 24.3 Å². The van der Waals surface area contributed by atoms with E-state index in [1.54, 1.807) is 43.2 Å². The molecule has 9 heteroatoms. The molecule has 1 aliphatic rings. The molecule has 0 saturated carbocycles. The van der Waals surface area contributed by atoms with Gasteiger partial charge in [-0.25, -0.2) is 4.68 Å². The third-order valence-electron chi connectivity index (χ3n) is 4.88. The number of benzene rings is 2. The first-order valence-corrected chi connectivity index (χ1v) is 9.97. The van der Waals surface area contributed by atoms with Crippen LogP contribution in [0.5, 0.6) is 11.5 Å². The van der Waals surface area contributed by atoms with Gasteiger partial charge in [-0.05, 0) is 64.8 Å². The van der Waals surface area contributed by atoms with Gasteiger partial charge in [-0.1, -0.05) is 6.07 Å². The number of hydrogen-bond acceptors (Lipinski definition) is 6. The van der Waals surface area contributed by atoms with E-state index in [2.05, 4.69) is 36.6 Å². The number of ether oxygens (including phenoxy) is 2. The highest BCUT2D eigenvalue weighted by atomic mass is 79.9. The van der Waals surface area contributed by atoms with Crippen molar-refractivity contribution in [2.45, 2.75) is 13.0 Å². The number of rotatable bonds is 5. The van der Waals surface area contributed by atoms with Gasteiger partial charge in [-0.15, -0.1) is 0 Å². The van der Waals surface area contributed by atoms with Crippen LogP contribution in [0.25, 0.3) is 0 Å². The van der Waals surface area contributed by atoms with Crippen molar-refractivity contribution in [2.24, 2.45) is 0 Å². The average molecular weight is 470 g/mol. The predicted octanol–water partition coefficient (Wildman–Crippen LogP) is 3.99. The number of halogens is 1. The number of aromatic nitrogens is 3. The minimum absolute atomic E-state index is 0.233. The van der Waals surface area contributed by atoms with Gasteiger partial charge in [0, 0.05) is 11.4 Å². The van der Waals surface area contributed by atoms with E-state index >= 15 is 0 Å². The van der Waals surface area contributed by atoms with E-state index in [1.807, 2.05) is 25.1 Å². The Bertz CT molecular complexity index is 1120. The van der Waals surface area contributed by atoms with E-state index in [1.165, 1.54) is 6.33 Å². The van der Waals surface area contributed by atoms with Crippen LogP contribution < -0.4 is 20.1 Å². The van der Waals surface area contributed by atoms with Gasteiger partial charge in [-0.2, -0.15) is 10.1 Å². The molecule has 8 nitrogen and oxygen atoms in total. The molecule has 1 amide bonds. The fourth-order valence-electron chi connectivity index (χ4n) is 3.42. The fraction of sp³-hybridized carbons (Fsp3) is 0.190. The van der Waals surface area contributed by atoms with Crippen molar-refractivity contribution in [1.82, 2.24) is 14.8 Å². The summed E-state index contributed by atoms with van der Waals surface area (Å²) in [5.41, 5.74) is 2.79. The summed E-state index contributed by atoms with van der Waals surface area (Å²) in [4.78, 5) is 17.6. The molecule has 4 rings (SSSR count). The zero-order valence-electron chi connectivity index (χ0n) is 16.6. The van der Waals surface area contributed by atoms with E-state index < -0.39 is 6.04 Å². The zero-order valence-corrected chi connectivity index (χ0v) is 18.2. The summed E-state index contributed by atoms with van der Waals surface area (Å²) in [6.07, 6.45) is 1.46. The predicted molar refractivity (Wildman–Crippen MR) is 117 cm³/mol. The lowest BCUT2D eigenvalue weighted by atomic mass is 9.95. The Kier molecular flexibility index (Phi) is 5.45. The molecule has 0 spiro atoms. The number of methoxy groups -OCH3 is 2. The van der Waals surface area contributed by atoms with Crippen molar-refractivity contribution in [3.05, 3.63) is 70.1 Å². The first-order chi connectivity index (χ1) is 14.5. The molecule has 3 aromatic rings. The highest BCUT2D eigenvalue weighted by Crippen LogP contribution is 2.38. The molecule has 1 atom stereocenters. The second-order valence-corrected chi connectivity index (χ2v) is 7.53. The third kappa shape index (κ3) is 3.63. The molecular weight excluding hydrogens is 450 g/mol. The highest BCUT2D eigenvalue weighted by Gasteiger charge is 2.33. The summed E-state index contributed by atoms with van der Waals surface area (Å²) < 4.78 is 13.0. The van der Waals surface area contributed by atoms with Gasteiger partial charge in [0.25, 0.3) is 5.91 Å². The van der Waals surface area contributed by atoms with Crippen LogP contribution in [-0.2, 0) is 4.79 Å². The molecule has 2 N–H and O–H groups in total. The van der Waals surface area contributed by atoms with Crippen LogP contribution in [0.4, 0.5) is 11.6 Å². The Balaban J connectivity index is 1.73. The van der Waals surface area contributed by atoms with Crippen LogP contribution in [0.1, 0.15) is 18.5 Å². The van der Waals surface area contributed by atoms with E-state index in [-0.39, 0.29) is 5.91 Å². The Morgan fingerprint density at radius 3 is 2.60 bits per heavy atom. The summed E-state index contributed by atoms with van der Waals surface area (Å²) in [6, 6.07) is 12.4. The molecule has 2 heterocycles. The number of amides is 1. The second-order valence-electron chi connectivity index (χ2n) is 6.67. The monoisotopic (exact) mass is 469 g/mol. The standard InChI is InChI=1S/C21H20BrN5O3/c1-12-18(20(28)26-14-5-7-15(29-2)8-6-14)19(27-21(25-12)23-11-24-27)13-4-9-17(30-3)16(22)10-13/h4-11,19H,1-3H3,(H,26,28)(H,23,24,25)/t19-/m1/s1. The average Bonchev–Trinajstić information content (AvgIpc) is 3.21. The number of anilines is 2. The quantitative estimate of drug-likeness (QED) is 0.587. The van der Waals surface area contributed by atoms with Crippen LogP contribution in [-0.4, -0.2) is 34.9 Å². The summed E-state index contributed by atoms with van der Waals surface area (Å²) in [5.74, 6) is 1.76. The van der Waals surface area contributed by atoms with E-state index in [0.29, 0.717) is 28.7 Å². The van der Waals surface area contributed by atoms with E-state index in [0.717, 1.165) is 15.8 Å². The molecule has 0 fully saturated rings. The van der Waals surface area contributed by atoms with Crippen molar-refractivity contribution in [1.29, 1.82) is 0 Å². The van der Waals surface area contributed by atoms with Crippen LogP contribution in [0.3, 0.4) is 0 Å². The zero-order chi connectivity index (χ0) is 21.3. The normalized spacial score (nSPS) is 15.3. The SMILES string of the molecule is COc1ccc(NC(=O)C2=C(C)Nc3ncnn3[C@@H]2c2ccc(OC)c(Br)c2)cc1. The van der Waals surface area contributed by atoms with Crippen molar-refractivity contribution in [2.75, 3.05) is 24.9 Å². The minimum atomic E-state index is -0.454. The number of allylic oxidation sites excluding steroid dienone is 1. The summed E-state index contributed by atoms with van der Waals surface area (Å²) in [6.45, 7) is 1.85. The molecular formula is C21H20BrN5O3. The first kappa shape index (κ1) is 20.0. The summed E-state index contributed by atoms with van der Waals surface area (Å²) in [5, 5.41) is 10.5. The number of nitrogens with one attached hydrogen (secondary N) is 2. The lowest BCUT2D eigenvalue weighted by Crippen LogP contribution is -2.31. The Labute approximate surface area is 182 Å². The largest absolute Gasteiger partial charge is 0.497 e. The van der Waals surface area contributed by atoms with Gasteiger partial charge in [0.2, 0.25) is 5.95 Å². The Hall–Kier alpha value is -3.33. The smallest absolute Gasteiger partial charge is 0.255 e. The molecule has 1 aromatic heterocycles. The maximum Gasteiger partial charge on any atom is 0.255 e. The fourth-order valence-corrected chi connectivity index (χ4v) is 3.98. The van der Waals surface area contributed by atoms with Crippen LogP contribution in [0.15, 0.2) is 64.5 Å². The van der Waals surface area contributed by atoms with Gasteiger partial charge in [0.1, 0.15) is 23.9 Å². The summed E-state index contributed by atoms with van der Waals surface area (Å²) in [7, 11) is 3.21. The van der Waals surface area contributed by atoms with Gasteiger partial charge in [0.15, 0.2) is 0 Å². The van der Waals surface area contributed by atoms with E-state index in [4.69, 9.17) is 9.47 Å². The van der Waals surface area contributed by atoms with Crippen LogP contribution >= 0.6 is 15.9 Å². The van der Waals surface area contributed by atoms with Gasteiger partial charge < -0.3 is 20.1 Å². The molecule has 0 saturated heterocycles.